The molecule has 0 saturated carbocycles. The van der Waals surface area contributed by atoms with Crippen molar-refractivity contribution in [2.45, 2.75) is 18.4 Å². The molecular formula is C21H17FN2O2S2. The lowest BCUT2D eigenvalue weighted by molar-refractivity contribution is 0.0980. The number of amides is 1. The summed E-state index contributed by atoms with van der Waals surface area (Å²) in [6.07, 6.45) is 1.58. The topological polar surface area (TPSA) is 46.3 Å². The highest BCUT2D eigenvalue weighted by Gasteiger charge is 2.24. The van der Waals surface area contributed by atoms with E-state index in [0.29, 0.717) is 26.7 Å². The standard InChI is InChI=1S/C21H17FN2O2S2/c1-2-27-18-8-4-3-7-16(18)20(25)24(13-15-6-5-11-26-15)21-23-17-10-9-14(22)12-19(17)28-21/h3-12H,2,13H2,1H3. The molecule has 0 spiro atoms. The second kappa shape index (κ2) is 8.16. The molecule has 2 aromatic carbocycles. The molecule has 0 bridgehead atoms. The maximum atomic E-state index is 13.6. The zero-order chi connectivity index (χ0) is 19.5. The molecule has 0 aliphatic rings. The first-order chi connectivity index (χ1) is 13.7. The number of fused-ring (bicyclic) bond motifs is 1. The first-order valence-corrected chi connectivity index (χ1v) is 10.6. The molecule has 0 radical (unpaired) electrons. The SMILES string of the molecule is CCSc1ccccc1C(=O)N(Cc1ccco1)c1nc2ccc(F)cc2s1. The fourth-order valence-corrected chi connectivity index (χ4v) is 4.64. The molecule has 0 unspecified atom stereocenters. The Morgan fingerprint density at radius 3 is 2.86 bits per heavy atom. The molecule has 1 amide bonds. The van der Waals surface area contributed by atoms with Crippen LogP contribution in [-0.2, 0) is 6.54 Å². The van der Waals surface area contributed by atoms with Crippen LogP contribution in [0.3, 0.4) is 0 Å². The predicted molar refractivity (Wildman–Crippen MR) is 112 cm³/mol. The quantitative estimate of drug-likeness (QED) is 0.365. The Balaban J connectivity index is 1.77. The van der Waals surface area contributed by atoms with Crippen LogP contribution in [0.2, 0.25) is 0 Å². The van der Waals surface area contributed by atoms with Crippen molar-refractivity contribution in [3.8, 4) is 0 Å². The van der Waals surface area contributed by atoms with Crippen molar-refractivity contribution >= 4 is 44.4 Å². The monoisotopic (exact) mass is 412 g/mol. The third kappa shape index (κ3) is 3.81. The Morgan fingerprint density at radius 1 is 1.21 bits per heavy atom. The van der Waals surface area contributed by atoms with E-state index in [1.165, 1.54) is 23.5 Å². The Hall–Kier alpha value is -2.64. The second-order valence-corrected chi connectivity index (χ2v) is 8.32. The van der Waals surface area contributed by atoms with Gasteiger partial charge in [0, 0.05) is 4.90 Å². The number of thioether (sulfide) groups is 1. The molecule has 0 aliphatic heterocycles. The van der Waals surface area contributed by atoms with Gasteiger partial charge < -0.3 is 4.42 Å². The van der Waals surface area contributed by atoms with Gasteiger partial charge in [-0.25, -0.2) is 9.37 Å². The molecular weight excluding hydrogens is 395 g/mol. The van der Waals surface area contributed by atoms with Crippen LogP contribution >= 0.6 is 23.1 Å². The number of benzene rings is 2. The van der Waals surface area contributed by atoms with E-state index in [-0.39, 0.29) is 18.3 Å². The number of halogens is 1. The fourth-order valence-electron chi connectivity index (χ4n) is 2.86. The highest BCUT2D eigenvalue weighted by molar-refractivity contribution is 7.99. The van der Waals surface area contributed by atoms with Gasteiger partial charge in [-0.15, -0.1) is 11.8 Å². The van der Waals surface area contributed by atoms with Crippen molar-refractivity contribution in [3.63, 3.8) is 0 Å². The summed E-state index contributed by atoms with van der Waals surface area (Å²) in [6, 6.07) is 15.6. The Labute approximate surface area is 170 Å². The van der Waals surface area contributed by atoms with Crippen LogP contribution < -0.4 is 4.90 Å². The molecule has 4 nitrogen and oxygen atoms in total. The molecule has 142 valence electrons. The summed E-state index contributed by atoms with van der Waals surface area (Å²) >= 11 is 2.91. The zero-order valence-electron chi connectivity index (χ0n) is 15.1. The third-order valence-corrected chi connectivity index (χ3v) is 6.12. The van der Waals surface area contributed by atoms with Gasteiger partial charge in [0.05, 0.1) is 28.6 Å². The van der Waals surface area contributed by atoms with Crippen molar-refractivity contribution in [2.75, 3.05) is 10.7 Å². The van der Waals surface area contributed by atoms with E-state index >= 15 is 0 Å². The minimum absolute atomic E-state index is 0.160. The Bertz CT molecular complexity index is 1110. The summed E-state index contributed by atoms with van der Waals surface area (Å²) in [7, 11) is 0. The van der Waals surface area contributed by atoms with Gasteiger partial charge in [-0.2, -0.15) is 0 Å². The highest BCUT2D eigenvalue weighted by Crippen LogP contribution is 2.33. The molecule has 0 aliphatic carbocycles. The average molecular weight is 413 g/mol. The maximum Gasteiger partial charge on any atom is 0.261 e. The van der Waals surface area contributed by atoms with E-state index in [1.54, 1.807) is 35.1 Å². The van der Waals surface area contributed by atoms with Crippen molar-refractivity contribution in [3.05, 3.63) is 78.0 Å². The normalized spacial score (nSPS) is 11.1. The van der Waals surface area contributed by atoms with Crippen LogP contribution in [0.5, 0.6) is 0 Å². The summed E-state index contributed by atoms with van der Waals surface area (Å²) in [5, 5.41) is 0.512. The molecule has 0 atom stereocenters. The van der Waals surface area contributed by atoms with E-state index in [1.807, 2.05) is 30.3 Å². The summed E-state index contributed by atoms with van der Waals surface area (Å²) in [4.78, 5) is 20.6. The minimum atomic E-state index is -0.323. The van der Waals surface area contributed by atoms with Crippen LogP contribution in [0.1, 0.15) is 23.0 Å². The number of thiazole rings is 1. The summed E-state index contributed by atoms with van der Waals surface area (Å²) in [6.45, 7) is 2.30. The second-order valence-electron chi connectivity index (χ2n) is 6.01. The van der Waals surface area contributed by atoms with Crippen molar-refractivity contribution in [1.29, 1.82) is 0 Å². The molecule has 0 saturated heterocycles. The summed E-state index contributed by atoms with van der Waals surface area (Å²) in [5.74, 6) is 1.03. The van der Waals surface area contributed by atoms with E-state index < -0.39 is 0 Å². The number of aromatic nitrogens is 1. The molecule has 4 aromatic rings. The average Bonchev–Trinajstić information content (AvgIpc) is 3.35. The van der Waals surface area contributed by atoms with Crippen LogP contribution in [0.25, 0.3) is 10.2 Å². The molecule has 0 fully saturated rings. The number of carbonyl (C=O) groups is 1. The fraction of sp³-hybridized carbons (Fsp3) is 0.143. The van der Waals surface area contributed by atoms with Crippen molar-refractivity contribution in [2.24, 2.45) is 0 Å². The third-order valence-electron chi connectivity index (χ3n) is 4.13. The van der Waals surface area contributed by atoms with Crippen LogP contribution in [-0.4, -0.2) is 16.6 Å². The van der Waals surface area contributed by atoms with Crippen molar-refractivity contribution < 1.29 is 13.6 Å². The van der Waals surface area contributed by atoms with Crippen molar-refractivity contribution in [1.82, 2.24) is 4.98 Å². The first-order valence-electron chi connectivity index (χ1n) is 8.78. The lowest BCUT2D eigenvalue weighted by Crippen LogP contribution is -2.30. The Morgan fingerprint density at radius 2 is 2.07 bits per heavy atom. The van der Waals surface area contributed by atoms with Gasteiger partial charge >= 0.3 is 0 Å². The number of rotatable bonds is 6. The number of nitrogens with zero attached hydrogens (tertiary/aromatic N) is 2. The lowest BCUT2D eigenvalue weighted by atomic mass is 10.2. The van der Waals surface area contributed by atoms with Crippen LogP contribution in [0.4, 0.5) is 9.52 Å². The van der Waals surface area contributed by atoms with Gasteiger partial charge in [-0.3, -0.25) is 9.69 Å². The molecule has 7 heteroatoms. The number of furan rings is 1. The minimum Gasteiger partial charge on any atom is -0.467 e. The number of hydrogen-bond donors (Lipinski definition) is 0. The molecule has 28 heavy (non-hydrogen) atoms. The predicted octanol–water partition coefficient (Wildman–Crippen LogP) is 5.99. The van der Waals surface area contributed by atoms with E-state index in [2.05, 4.69) is 11.9 Å². The lowest BCUT2D eigenvalue weighted by Gasteiger charge is -2.20. The van der Waals surface area contributed by atoms with Gasteiger partial charge in [-0.05, 0) is 48.2 Å². The van der Waals surface area contributed by atoms with E-state index in [0.717, 1.165) is 10.6 Å². The number of anilines is 1. The molecule has 0 N–H and O–H groups in total. The van der Waals surface area contributed by atoms with Gasteiger partial charge in [0.15, 0.2) is 5.13 Å². The van der Waals surface area contributed by atoms with E-state index in [9.17, 15) is 9.18 Å². The number of carbonyl (C=O) groups excluding carboxylic acids is 1. The van der Waals surface area contributed by atoms with E-state index in [4.69, 9.17) is 4.42 Å². The molecule has 2 heterocycles. The summed E-state index contributed by atoms with van der Waals surface area (Å²) < 4.78 is 19.8. The largest absolute Gasteiger partial charge is 0.467 e. The van der Waals surface area contributed by atoms with Gasteiger partial charge in [0.25, 0.3) is 5.91 Å². The molecule has 2 aromatic heterocycles. The molecule has 4 rings (SSSR count). The number of hydrogen-bond acceptors (Lipinski definition) is 5. The van der Waals surface area contributed by atoms with Crippen LogP contribution in [0.15, 0.2) is 70.2 Å². The summed E-state index contributed by atoms with van der Waals surface area (Å²) in [5.41, 5.74) is 1.28. The van der Waals surface area contributed by atoms with Crippen LogP contribution in [0, 0.1) is 5.82 Å². The van der Waals surface area contributed by atoms with Gasteiger partial charge in [-0.1, -0.05) is 30.4 Å². The highest BCUT2D eigenvalue weighted by atomic mass is 32.2. The maximum absolute atomic E-state index is 13.6. The van der Waals surface area contributed by atoms with Gasteiger partial charge in [0.1, 0.15) is 11.6 Å². The zero-order valence-corrected chi connectivity index (χ0v) is 16.7. The first kappa shape index (κ1) is 18.7. The smallest absolute Gasteiger partial charge is 0.261 e. The Kier molecular flexibility index (Phi) is 5.45. The van der Waals surface area contributed by atoms with Gasteiger partial charge in [0.2, 0.25) is 0 Å².